The first-order chi connectivity index (χ1) is 10.6. The Morgan fingerprint density at radius 2 is 1.73 bits per heavy atom. The molecular formula is C17H26Cl3NO. The number of nitrogens with one attached hydrogen (secondary N) is 1. The summed E-state index contributed by atoms with van der Waals surface area (Å²) in [6.07, 6.45) is 10.7. The van der Waals surface area contributed by atoms with Gasteiger partial charge >= 0.3 is 0 Å². The molecule has 0 saturated carbocycles. The van der Waals surface area contributed by atoms with E-state index < -0.39 is 0 Å². The molecule has 0 rings (SSSR count). The fourth-order valence-electron chi connectivity index (χ4n) is 2.22. The zero-order valence-electron chi connectivity index (χ0n) is 13.2. The molecular weight excluding hydrogens is 341 g/mol. The summed E-state index contributed by atoms with van der Waals surface area (Å²) in [6, 6.07) is 0.247. The van der Waals surface area contributed by atoms with E-state index >= 15 is 0 Å². The van der Waals surface area contributed by atoms with Gasteiger partial charge in [-0.3, -0.25) is 4.79 Å². The van der Waals surface area contributed by atoms with Crippen LogP contribution in [0.2, 0.25) is 0 Å². The molecule has 5 heteroatoms. The minimum Gasteiger partial charge on any atom is -0.354 e. The summed E-state index contributed by atoms with van der Waals surface area (Å²) in [6.45, 7) is 1.57. The Hall–Kier alpha value is -0.360. The van der Waals surface area contributed by atoms with Gasteiger partial charge in [-0.2, -0.15) is 0 Å². The van der Waals surface area contributed by atoms with Crippen LogP contribution in [0.25, 0.3) is 0 Å². The van der Waals surface area contributed by atoms with Crippen LogP contribution in [0.15, 0.2) is 11.6 Å². The second-order valence-corrected chi connectivity index (χ2v) is 6.82. The normalized spacial score (nSPS) is 12.2. The Morgan fingerprint density at radius 1 is 1.09 bits per heavy atom. The zero-order chi connectivity index (χ0) is 16.6. The van der Waals surface area contributed by atoms with Crippen molar-refractivity contribution in [1.29, 1.82) is 0 Å². The smallest absolute Gasteiger partial charge is 0.217 e. The van der Waals surface area contributed by atoms with Crippen LogP contribution in [0.4, 0.5) is 0 Å². The molecule has 22 heavy (non-hydrogen) atoms. The molecule has 0 aliphatic rings. The molecule has 0 radical (unpaired) electrons. The van der Waals surface area contributed by atoms with Gasteiger partial charge in [-0.1, -0.05) is 49.1 Å². The first-order valence-corrected chi connectivity index (χ1v) is 9.16. The van der Waals surface area contributed by atoms with Crippen LogP contribution in [0.1, 0.15) is 64.7 Å². The first-order valence-electron chi connectivity index (χ1n) is 7.85. The molecule has 0 spiro atoms. The molecule has 0 saturated heterocycles. The van der Waals surface area contributed by atoms with Gasteiger partial charge < -0.3 is 5.32 Å². The molecule has 0 aromatic carbocycles. The van der Waals surface area contributed by atoms with Crippen LogP contribution in [0.3, 0.4) is 0 Å². The third-order valence-corrected chi connectivity index (χ3v) is 3.80. The third kappa shape index (κ3) is 16.0. The molecule has 0 heterocycles. The van der Waals surface area contributed by atoms with Crippen molar-refractivity contribution in [3.8, 4) is 11.8 Å². The fraction of sp³-hybridized carbons (Fsp3) is 0.706. The number of hydrogen-bond acceptors (Lipinski definition) is 1. The maximum absolute atomic E-state index is 11.2. The Labute approximate surface area is 150 Å². The number of carbonyl (C=O) groups excluding carboxylic acids is 1. The molecule has 2 nitrogen and oxygen atoms in total. The molecule has 126 valence electrons. The molecule has 1 atom stereocenters. The van der Waals surface area contributed by atoms with E-state index in [1.54, 1.807) is 13.0 Å². The van der Waals surface area contributed by atoms with E-state index in [9.17, 15) is 4.79 Å². The lowest BCUT2D eigenvalue weighted by atomic mass is 10.0. The van der Waals surface area contributed by atoms with Gasteiger partial charge in [0.15, 0.2) is 0 Å². The summed E-state index contributed by atoms with van der Waals surface area (Å²) in [5.74, 6) is 5.92. The Bertz CT molecular complexity index is 372. The van der Waals surface area contributed by atoms with E-state index in [0.29, 0.717) is 0 Å². The Kier molecular flexibility index (Phi) is 15.3. The summed E-state index contributed by atoms with van der Waals surface area (Å²) in [5, 5.41) is 3.03. The van der Waals surface area contributed by atoms with E-state index in [2.05, 4.69) is 17.2 Å². The topological polar surface area (TPSA) is 29.1 Å². The minimum absolute atomic E-state index is 0.0354. The van der Waals surface area contributed by atoms with Gasteiger partial charge in [0, 0.05) is 24.9 Å². The number of hydrogen-bond donors (Lipinski definition) is 1. The van der Waals surface area contributed by atoms with E-state index in [0.717, 1.165) is 57.8 Å². The lowest BCUT2D eigenvalue weighted by Crippen LogP contribution is -2.32. The number of unbranched alkanes of at least 4 members (excludes halogenated alkanes) is 4. The van der Waals surface area contributed by atoms with E-state index in [-0.39, 0.29) is 16.8 Å². The van der Waals surface area contributed by atoms with Crippen molar-refractivity contribution in [2.24, 2.45) is 0 Å². The third-order valence-electron chi connectivity index (χ3n) is 3.24. The number of halogens is 3. The molecule has 1 N–H and O–H groups in total. The lowest BCUT2D eigenvalue weighted by molar-refractivity contribution is -0.119. The van der Waals surface area contributed by atoms with Crippen molar-refractivity contribution in [3.05, 3.63) is 11.6 Å². The minimum atomic E-state index is -0.248. The van der Waals surface area contributed by atoms with Crippen LogP contribution >= 0.6 is 34.8 Å². The maximum Gasteiger partial charge on any atom is 0.217 e. The first kappa shape index (κ1) is 21.6. The summed E-state index contributed by atoms with van der Waals surface area (Å²) in [4.78, 5) is 11.0. The highest BCUT2D eigenvalue weighted by Gasteiger charge is 2.09. The number of rotatable bonds is 11. The fourth-order valence-corrected chi connectivity index (χ4v) is 2.59. The monoisotopic (exact) mass is 365 g/mol. The highest BCUT2D eigenvalue weighted by molar-refractivity contribution is 6.44. The van der Waals surface area contributed by atoms with Gasteiger partial charge in [0.25, 0.3) is 0 Å². The summed E-state index contributed by atoms with van der Waals surface area (Å²) in [5.41, 5.74) is 1.41. The van der Waals surface area contributed by atoms with Crippen LogP contribution < -0.4 is 5.32 Å². The van der Waals surface area contributed by atoms with Crippen LogP contribution in [-0.4, -0.2) is 16.8 Å². The molecule has 0 aromatic heterocycles. The summed E-state index contributed by atoms with van der Waals surface area (Å²) < 4.78 is 0. The van der Waals surface area contributed by atoms with Crippen molar-refractivity contribution in [3.63, 3.8) is 0 Å². The molecule has 0 aliphatic heterocycles. The molecule has 0 bridgehead atoms. The Balaban J connectivity index is 3.83. The van der Waals surface area contributed by atoms with Crippen molar-refractivity contribution < 1.29 is 4.79 Å². The average Bonchev–Trinajstić information content (AvgIpc) is 2.45. The van der Waals surface area contributed by atoms with Gasteiger partial charge in [-0.05, 0) is 31.8 Å². The second kappa shape index (κ2) is 15.5. The lowest BCUT2D eigenvalue weighted by Gasteiger charge is -2.17. The molecule has 0 aliphatic carbocycles. The predicted octanol–water partition coefficient (Wildman–Crippen LogP) is 5.56. The SMILES string of the molecule is CC(=O)N[C@@H](CCCC#C/C=C\Cl)CCCCCCC(Cl)Cl. The van der Waals surface area contributed by atoms with Gasteiger partial charge in [0.05, 0.1) is 0 Å². The average molecular weight is 367 g/mol. The predicted molar refractivity (Wildman–Crippen MR) is 97.4 cm³/mol. The summed E-state index contributed by atoms with van der Waals surface area (Å²) >= 11 is 16.8. The van der Waals surface area contributed by atoms with Crippen molar-refractivity contribution in [1.82, 2.24) is 5.32 Å². The van der Waals surface area contributed by atoms with Crippen molar-refractivity contribution in [2.45, 2.75) is 75.6 Å². The summed E-state index contributed by atoms with van der Waals surface area (Å²) in [7, 11) is 0. The number of carbonyl (C=O) groups is 1. The highest BCUT2D eigenvalue weighted by Crippen LogP contribution is 2.15. The second-order valence-electron chi connectivity index (χ2n) is 5.29. The maximum atomic E-state index is 11.2. The molecule has 0 fully saturated rings. The van der Waals surface area contributed by atoms with Gasteiger partial charge in [0.2, 0.25) is 5.91 Å². The number of alkyl halides is 2. The molecule has 0 unspecified atom stereocenters. The van der Waals surface area contributed by atoms with Crippen molar-refractivity contribution in [2.75, 3.05) is 0 Å². The van der Waals surface area contributed by atoms with E-state index in [4.69, 9.17) is 34.8 Å². The van der Waals surface area contributed by atoms with Gasteiger partial charge in [0.1, 0.15) is 4.84 Å². The number of amides is 1. The van der Waals surface area contributed by atoms with Gasteiger partial charge in [-0.25, -0.2) is 0 Å². The Morgan fingerprint density at radius 3 is 2.32 bits per heavy atom. The van der Waals surface area contributed by atoms with Crippen LogP contribution in [-0.2, 0) is 4.79 Å². The molecule has 0 aromatic rings. The standard InChI is InChI=1S/C17H26Cl3NO/c1-15(22)21-16(11-7-3-2-6-10-14-18)12-8-4-5-9-13-17(19)20/h10,14,16-17H,3-5,7-9,11-13H2,1H3,(H,21,22)/b14-10-/t16-/m0/s1. The van der Waals surface area contributed by atoms with Crippen LogP contribution in [0.5, 0.6) is 0 Å². The quantitative estimate of drug-likeness (QED) is 0.289. The highest BCUT2D eigenvalue weighted by atomic mass is 35.5. The molecule has 1 amide bonds. The van der Waals surface area contributed by atoms with E-state index in [1.165, 1.54) is 5.54 Å². The van der Waals surface area contributed by atoms with Crippen molar-refractivity contribution >= 4 is 40.7 Å². The van der Waals surface area contributed by atoms with Gasteiger partial charge in [-0.15, -0.1) is 23.2 Å². The van der Waals surface area contributed by atoms with E-state index in [1.807, 2.05) is 0 Å². The largest absolute Gasteiger partial charge is 0.354 e. The zero-order valence-corrected chi connectivity index (χ0v) is 15.5. The van der Waals surface area contributed by atoms with Crippen LogP contribution in [0, 0.1) is 11.8 Å². The number of allylic oxidation sites excluding steroid dienone is 1.